The summed E-state index contributed by atoms with van der Waals surface area (Å²) in [5.41, 5.74) is 2.02. The zero-order valence-electron chi connectivity index (χ0n) is 20.2. The van der Waals surface area contributed by atoms with Crippen molar-refractivity contribution in [3.05, 3.63) is 72.8 Å². The molecule has 0 saturated heterocycles. The first-order chi connectivity index (χ1) is 17.8. The second-order valence-electron chi connectivity index (χ2n) is 9.36. The molecule has 1 atom stereocenters. The molecule has 1 aliphatic carbocycles. The number of carboxylic acid groups (broad SMARTS) is 1. The number of fused-ring (bicyclic) bond motifs is 3. The predicted octanol–water partition coefficient (Wildman–Crippen LogP) is 4.93. The van der Waals surface area contributed by atoms with E-state index in [1.165, 1.54) is 12.1 Å². The summed E-state index contributed by atoms with van der Waals surface area (Å²) in [7, 11) is -4.09. The molecule has 5 rings (SSSR count). The number of amides is 1. The molecule has 1 heterocycles. The van der Waals surface area contributed by atoms with Gasteiger partial charge in [0.25, 0.3) is 0 Å². The molecule has 1 unspecified atom stereocenters. The molecule has 1 aliphatic rings. The second-order valence-corrected chi connectivity index (χ2v) is 11.1. The molecule has 192 valence electrons. The van der Waals surface area contributed by atoms with Gasteiger partial charge in [-0.15, -0.1) is 0 Å². The normalized spacial score (nSPS) is 14.6. The number of anilines is 1. The highest BCUT2D eigenvalue weighted by Gasteiger charge is 2.34. The lowest BCUT2D eigenvalue weighted by atomic mass is 10.1. The van der Waals surface area contributed by atoms with Crippen LogP contribution < -0.4 is 9.62 Å². The molecular formula is C28H28N2O6S. The summed E-state index contributed by atoms with van der Waals surface area (Å²) < 4.78 is 34.3. The molecule has 37 heavy (non-hydrogen) atoms. The number of rotatable bonds is 11. The molecule has 3 aromatic carbocycles. The summed E-state index contributed by atoms with van der Waals surface area (Å²) in [6, 6.07) is 19.9. The number of carbonyl (C=O) groups excluding carboxylic acids is 1. The van der Waals surface area contributed by atoms with Crippen LogP contribution in [0.25, 0.3) is 21.9 Å². The summed E-state index contributed by atoms with van der Waals surface area (Å²) in [4.78, 5) is 26.4. The van der Waals surface area contributed by atoms with E-state index in [0.29, 0.717) is 35.9 Å². The van der Waals surface area contributed by atoms with Crippen LogP contribution in [0.3, 0.4) is 0 Å². The van der Waals surface area contributed by atoms with E-state index in [0.717, 1.165) is 23.9 Å². The van der Waals surface area contributed by atoms with Crippen LogP contribution in [0.4, 0.5) is 5.69 Å². The molecule has 1 aromatic heterocycles. The Morgan fingerprint density at radius 2 is 1.65 bits per heavy atom. The van der Waals surface area contributed by atoms with Crippen molar-refractivity contribution in [3.63, 3.8) is 0 Å². The molecule has 1 saturated carbocycles. The van der Waals surface area contributed by atoms with Gasteiger partial charge < -0.3 is 14.4 Å². The molecule has 9 heteroatoms. The van der Waals surface area contributed by atoms with Crippen LogP contribution in [-0.2, 0) is 19.6 Å². The van der Waals surface area contributed by atoms with Crippen molar-refractivity contribution in [3.8, 4) is 0 Å². The van der Waals surface area contributed by atoms with Gasteiger partial charge in [0.2, 0.25) is 15.9 Å². The SMILES string of the molecule is O=C(O)C(CCCCN(C(=O)C1CC1)c1ccccc1)NS(=O)(=O)c1ccc2oc3ccccc3c2c1. The second kappa shape index (κ2) is 10.4. The van der Waals surface area contributed by atoms with Crippen molar-refractivity contribution < 1.29 is 27.5 Å². The summed E-state index contributed by atoms with van der Waals surface area (Å²) >= 11 is 0. The third-order valence-corrected chi connectivity index (χ3v) is 8.11. The van der Waals surface area contributed by atoms with E-state index in [2.05, 4.69) is 4.72 Å². The number of furan rings is 1. The lowest BCUT2D eigenvalue weighted by Crippen LogP contribution is -2.40. The number of nitrogens with zero attached hydrogens (tertiary/aromatic N) is 1. The molecule has 0 radical (unpaired) electrons. The van der Waals surface area contributed by atoms with Gasteiger partial charge in [-0.1, -0.05) is 36.4 Å². The molecule has 1 fully saturated rings. The Labute approximate surface area is 214 Å². The number of hydrogen-bond donors (Lipinski definition) is 2. The highest BCUT2D eigenvalue weighted by atomic mass is 32.2. The smallest absolute Gasteiger partial charge is 0.321 e. The fourth-order valence-electron chi connectivity index (χ4n) is 4.50. The van der Waals surface area contributed by atoms with Gasteiger partial charge in [0, 0.05) is 28.9 Å². The molecule has 0 bridgehead atoms. The fraction of sp³-hybridized carbons (Fsp3) is 0.286. The maximum atomic E-state index is 13.1. The van der Waals surface area contributed by atoms with Crippen molar-refractivity contribution in [1.29, 1.82) is 0 Å². The summed E-state index contributed by atoms with van der Waals surface area (Å²) in [5, 5.41) is 11.1. The Bertz CT molecular complexity index is 1540. The number of carbonyl (C=O) groups is 2. The number of hydrogen-bond acceptors (Lipinski definition) is 5. The molecule has 1 amide bonds. The monoisotopic (exact) mass is 520 g/mol. The number of aliphatic carboxylic acids is 1. The first-order valence-corrected chi connectivity index (χ1v) is 13.8. The lowest BCUT2D eigenvalue weighted by molar-refractivity contribution is -0.139. The van der Waals surface area contributed by atoms with Gasteiger partial charge in [0.15, 0.2) is 0 Å². The minimum Gasteiger partial charge on any atom is -0.480 e. The van der Waals surface area contributed by atoms with Crippen molar-refractivity contribution in [1.82, 2.24) is 4.72 Å². The van der Waals surface area contributed by atoms with E-state index in [-0.39, 0.29) is 23.1 Å². The molecule has 4 aromatic rings. The lowest BCUT2D eigenvalue weighted by Gasteiger charge is -2.23. The van der Waals surface area contributed by atoms with E-state index in [9.17, 15) is 23.1 Å². The van der Waals surface area contributed by atoms with Gasteiger partial charge in [-0.25, -0.2) is 8.42 Å². The van der Waals surface area contributed by atoms with Crippen LogP contribution in [0.1, 0.15) is 32.1 Å². The van der Waals surface area contributed by atoms with Crippen LogP contribution in [-0.4, -0.2) is 38.0 Å². The standard InChI is InChI=1S/C28H28N2O6S/c31-27(19-13-14-19)30(20-8-2-1-3-9-20)17-7-6-11-24(28(32)33)29-37(34,35)21-15-16-26-23(18-21)22-10-4-5-12-25(22)36-26/h1-5,8-10,12,15-16,18-19,24,29H,6-7,11,13-14,17H2,(H,32,33). The van der Waals surface area contributed by atoms with Gasteiger partial charge in [0.1, 0.15) is 17.2 Å². The van der Waals surface area contributed by atoms with Crippen LogP contribution in [0.5, 0.6) is 0 Å². The highest BCUT2D eigenvalue weighted by molar-refractivity contribution is 7.89. The van der Waals surface area contributed by atoms with E-state index in [1.54, 1.807) is 17.0 Å². The Kier molecular flexibility index (Phi) is 6.99. The maximum Gasteiger partial charge on any atom is 0.321 e. The molecule has 8 nitrogen and oxygen atoms in total. The first-order valence-electron chi connectivity index (χ1n) is 12.4. The van der Waals surface area contributed by atoms with E-state index < -0.39 is 22.0 Å². The average Bonchev–Trinajstić information content (AvgIpc) is 3.68. The van der Waals surface area contributed by atoms with E-state index in [1.807, 2.05) is 48.5 Å². The number of unbranched alkanes of at least 4 members (excludes halogenated alkanes) is 1. The van der Waals surface area contributed by atoms with E-state index in [4.69, 9.17) is 4.42 Å². The number of benzene rings is 3. The summed E-state index contributed by atoms with van der Waals surface area (Å²) in [5.74, 6) is -1.10. The van der Waals surface area contributed by atoms with Gasteiger partial charge in [0.05, 0.1) is 4.90 Å². The zero-order chi connectivity index (χ0) is 26.0. The molecule has 0 aliphatic heterocycles. The summed E-state index contributed by atoms with van der Waals surface area (Å²) in [6.07, 6.45) is 2.88. The number of sulfonamides is 1. The molecule has 2 N–H and O–H groups in total. The quantitative estimate of drug-likeness (QED) is 0.271. The largest absolute Gasteiger partial charge is 0.480 e. The number of nitrogens with one attached hydrogen (secondary N) is 1. The van der Waals surface area contributed by atoms with Gasteiger partial charge in [-0.2, -0.15) is 4.72 Å². The zero-order valence-corrected chi connectivity index (χ0v) is 21.0. The van der Waals surface area contributed by atoms with Crippen molar-refractivity contribution in [2.24, 2.45) is 5.92 Å². The molecular weight excluding hydrogens is 492 g/mol. The highest BCUT2D eigenvalue weighted by Crippen LogP contribution is 2.33. The third-order valence-electron chi connectivity index (χ3n) is 6.64. The Hall–Kier alpha value is -3.69. The van der Waals surface area contributed by atoms with Crippen LogP contribution in [0, 0.1) is 5.92 Å². The number of para-hydroxylation sites is 2. The van der Waals surface area contributed by atoms with Crippen LogP contribution >= 0.6 is 0 Å². The maximum absolute atomic E-state index is 13.1. The van der Waals surface area contributed by atoms with Gasteiger partial charge in [-0.05, 0) is 68.5 Å². The van der Waals surface area contributed by atoms with Gasteiger partial charge >= 0.3 is 5.97 Å². The van der Waals surface area contributed by atoms with Crippen molar-refractivity contribution >= 4 is 49.5 Å². The first kappa shape index (κ1) is 25.0. The Morgan fingerprint density at radius 1 is 0.946 bits per heavy atom. The predicted molar refractivity (Wildman–Crippen MR) is 141 cm³/mol. The average molecular weight is 521 g/mol. The minimum absolute atomic E-state index is 0.0249. The fourth-order valence-corrected chi connectivity index (χ4v) is 5.75. The van der Waals surface area contributed by atoms with E-state index >= 15 is 0 Å². The molecule has 0 spiro atoms. The summed E-state index contributed by atoms with van der Waals surface area (Å²) in [6.45, 7) is 0.447. The number of carboxylic acids is 1. The van der Waals surface area contributed by atoms with Crippen molar-refractivity contribution in [2.75, 3.05) is 11.4 Å². The van der Waals surface area contributed by atoms with Crippen LogP contribution in [0.2, 0.25) is 0 Å². The van der Waals surface area contributed by atoms with Crippen LogP contribution in [0.15, 0.2) is 82.1 Å². The topological polar surface area (TPSA) is 117 Å². The Balaban J connectivity index is 1.25. The minimum atomic E-state index is -4.09. The van der Waals surface area contributed by atoms with Gasteiger partial charge in [-0.3, -0.25) is 9.59 Å². The Morgan fingerprint density at radius 3 is 2.38 bits per heavy atom. The van der Waals surface area contributed by atoms with Crippen molar-refractivity contribution in [2.45, 2.75) is 43.0 Å². The third kappa shape index (κ3) is 5.52.